The number of rotatable bonds is 3. The van der Waals surface area contributed by atoms with Gasteiger partial charge in [-0.25, -0.2) is 4.39 Å². The van der Waals surface area contributed by atoms with Crippen LogP contribution in [0.1, 0.15) is 11.3 Å². The molecule has 0 bridgehead atoms. The van der Waals surface area contributed by atoms with Crippen LogP contribution in [0.15, 0.2) is 46.9 Å². The van der Waals surface area contributed by atoms with Gasteiger partial charge in [-0.1, -0.05) is 18.2 Å². The molecular formula is C16H9ClFNO2. The maximum atomic E-state index is 13.7. The van der Waals surface area contributed by atoms with Crippen molar-refractivity contribution in [3.8, 4) is 17.6 Å². The SMILES string of the molecule is N#Cc1oc2ccccc2c1Oc1cccc(F)c1CCl. The number of para-hydroxylation sites is 1. The Morgan fingerprint density at radius 2 is 2.00 bits per heavy atom. The van der Waals surface area contributed by atoms with Gasteiger partial charge < -0.3 is 9.15 Å². The van der Waals surface area contributed by atoms with Gasteiger partial charge in [0.1, 0.15) is 23.2 Å². The number of fused-ring (bicyclic) bond motifs is 1. The molecule has 0 aliphatic carbocycles. The molecule has 0 spiro atoms. The third kappa shape index (κ3) is 2.32. The molecule has 0 saturated carbocycles. The van der Waals surface area contributed by atoms with E-state index in [1.54, 1.807) is 30.3 Å². The summed E-state index contributed by atoms with van der Waals surface area (Å²) >= 11 is 5.76. The molecule has 0 amide bonds. The van der Waals surface area contributed by atoms with Gasteiger partial charge in [0, 0.05) is 5.56 Å². The Morgan fingerprint density at radius 3 is 2.76 bits per heavy atom. The van der Waals surface area contributed by atoms with Crippen LogP contribution in [0.25, 0.3) is 11.0 Å². The molecule has 0 aliphatic rings. The van der Waals surface area contributed by atoms with Crippen LogP contribution in [-0.4, -0.2) is 0 Å². The Balaban J connectivity index is 2.15. The third-order valence-corrected chi connectivity index (χ3v) is 3.34. The van der Waals surface area contributed by atoms with Crippen LogP contribution in [0.3, 0.4) is 0 Å². The minimum absolute atomic E-state index is 0.0281. The number of halogens is 2. The fourth-order valence-electron chi connectivity index (χ4n) is 2.07. The summed E-state index contributed by atoms with van der Waals surface area (Å²) in [6.07, 6.45) is 0. The topological polar surface area (TPSA) is 46.2 Å². The lowest BCUT2D eigenvalue weighted by atomic mass is 10.2. The molecule has 3 nitrogen and oxygen atoms in total. The molecule has 0 unspecified atom stereocenters. The molecule has 5 heteroatoms. The fraction of sp³-hybridized carbons (Fsp3) is 0.0625. The lowest BCUT2D eigenvalue weighted by molar-refractivity contribution is 0.457. The van der Waals surface area contributed by atoms with E-state index in [4.69, 9.17) is 26.0 Å². The molecule has 0 atom stereocenters. The van der Waals surface area contributed by atoms with Crippen LogP contribution < -0.4 is 4.74 Å². The second-order valence-electron chi connectivity index (χ2n) is 4.32. The molecule has 2 aromatic carbocycles. The van der Waals surface area contributed by atoms with Crippen molar-refractivity contribution < 1.29 is 13.5 Å². The molecule has 0 fully saturated rings. The molecule has 104 valence electrons. The van der Waals surface area contributed by atoms with E-state index in [2.05, 4.69) is 0 Å². The first-order valence-electron chi connectivity index (χ1n) is 6.17. The minimum Gasteiger partial charge on any atom is -0.451 e. The predicted molar refractivity (Wildman–Crippen MR) is 77.0 cm³/mol. The van der Waals surface area contributed by atoms with E-state index < -0.39 is 5.82 Å². The van der Waals surface area contributed by atoms with Crippen molar-refractivity contribution in [2.24, 2.45) is 0 Å². The molecule has 0 saturated heterocycles. The van der Waals surface area contributed by atoms with Gasteiger partial charge in [0.05, 0.1) is 11.3 Å². The van der Waals surface area contributed by atoms with Crippen molar-refractivity contribution in [2.45, 2.75) is 5.88 Å². The molecular weight excluding hydrogens is 293 g/mol. The first-order chi connectivity index (χ1) is 10.2. The van der Waals surface area contributed by atoms with Crippen LogP contribution >= 0.6 is 11.6 Å². The summed E-state index contributed by atoms with van der Waals surface area (Å²) in [6, 6.07) is 13.5. The predicted octanol–water partition coefficient (Wildman–Crippen LogP) is 4.97. The standard InChI is InChI=1S/C16H9ClFNO2/c17-8-11-12(18)5-3-7-14(11)21-16-10-4-1-2-6-13(10)20-15(16)9-19/h1-7H,8H2. The maximum Gasteiger partial charge on any atom is 0.247 e. The van der Waals surface area contributed by atoms with Gasteiger partial charge in [-0.2, -0.15) is 5.26 Å². The van der Waals surface area contributed by atoms with E-state index in [0.29, 0.717) is 11.0 Å². The number of alkyl halides is 1. The lowest BCUT2D eigenvalue weighted by Gasteiger charge is -2.09. The average molecular weight is 302 g/mol. The molecule has 1 heterocycles. The van der Waals surface area contributed by atoms with Crippen LogP contribution in [0.4, 0.5) is 4.39 Å². The Hall–Kier alpha value is -2.51. The van der Waals surface area contributed by atoms with E-state index in [-0.39, 0.29) is 28.7 Å². The van der Waals surface area contributed by atoms with Crippen molar-refractivity contribution in [3.05, 3.63) is 59.6 Å². The summed E-state index contributed by atoms with van der Waals surface area (Å²) in [7, 11) is 0. The van der Waals surface area contributed by atoms with E-state index in [1.807, 2.05) is 6.07 Å². The average Bonchev–Trinajstić information content (AvgIpc) is 2.86. The van der Waals surface area contributed by atoms with Gasteiger partial charge in [-0.3, -0.25) is 0 Å². The Kier molecular flexibility index (Phi) is 3.51. The highest BCUT2D eigenvalue weighted by atomic mass is 35.5. The van der Waals surface area contributed by atoms with Crippen LogP contribution in [0.5, 0.6) is 11.5 Å². The van der Waals surface area contributed by atoms with Crippen LogP contribution in [-0.2, 0) is 5.88 Å². The summed E-state index contributed by atoms with van der Waals surface area (Å²) < 4.78 is 24.8. The highest BCUT2D eigenvalue weighted by Gasteiger charge is 2.18. The Morgan fingerprint density at radius 1 is 1.19 bits per heavy atom. The van der Waals surface area contributed by atoms with Crippen molar-refractivity contribution >= 4 is 22.6 Å². The monoisotopic (exact) mass is 301 g/mol. The van der Waals surface area contributed by atoms with Crippen molar-refractivity contribution in [3.63, 3.8) is 0 Å². The minimum atomic E-state index is -0.450. The largest absolute Gasteiger partial charge is 0.451 e. The fourth-order valence-corrected chi connectivity index (χ4v) is 2.33. The van der Waals surface area contributed by atoms with Crippen LogP contribution in [0.2, 0.25) is 0 Å². The number of furan rings is 1. The lowest BCUT2D eigenvalue weighted by Crippen LogP contribution is -1.93. The maximum absolute atomic E-state index is 13.7. The van der Waals surface area contributed by atoms with Crippen molar-refractivity contribution in [2.75, 3.05) is 0 Å². The quantitative estimate of drug-likeness (QED) is 0.641. The summed E-state index contributed by atoms with van der Waals surface area (Å²) in [6.45, 7) is 0. The molecule has 0 radical (unpaired) electrons. The smallest absolute Gasteiger partial charge is 0.247 e. The van der Waals surface area contributed by atoms with Gasteiger partial charge in [0.15, 0.2) is 5.75 Å². The second kappa shape index (κ2) is 5.47. The summed E-state index contributed by atoms with van der Waals surface area (Å²) in [4.78, 5) is 0. The Labute approximate surface area is 125 Å². The molecule has 1 aromatic heterocycles. The normalized spacial score (nSPS) is 10.5. The van der Waals surface area contributed by atoms with E-state index >= 15 is 0 Å². The highest BCUT2D eigenvalue weighted by Crippen LogP contribution is 2.37. The number of nitrogens with zero attached hydrogens (tertiary/aromatic N) is 1. The van der Waals surface area contributed by atoms with Gasteiger partial charge in [0.2, 0.25) is 5.76 Å². The van der Waals surface area contributed by atoms with Gasteiger partial charge in [-0.15, -0.1) is 11.6 Å². The third-order valence-electron chi connectivity index (χ3n) is 3.07. The summed E-state index contributed by atoms with van der Waals surface area (Å²) in [5.41, 5.74) is 0.779. The molecule has 21 heavy (non-hydrogen) atoms. The Bertz CT molecular complexity index is 851. The summed E-state index contributed by atoms with van der Waals surface area (Å²) in [5, 5.41) is 9.81. The molecule has 0 N–H and O–H groups in total. The van der Waals surface area contributed by atoms with E-state index in [1.165, 1.54) is 12.1 Å². The van der Waals surface area contributed by atoms with Crippen molar-refractivity contribution in [1.29, 1.82) is 5.26 Å². The number of hydrogen-bond acceptors (Lipinski definition) is 3. The highest BCUT2D eigenvalue weighted by molar-refractivity contribution is 6.17. The zero-order chi connectivity index (χ0) is 14.8. The molecule has 3 aromatic rings. The van der Waals surface area contributed by atoms with Crippen LogP contribution in [0, 0.1) is 17.1 Å². The van der Waals surface area contributed by atoms with E-state index in [9.17, 15) is 4.39 Å². The zero-order valence-corrected chi connectivity index (χ0v) is 11.5. The first kappa shape index (κ1) is 13.5. The van der Waals surface area contributed by atoms with Crippen molar-refractivity contribution in [1.82, 2.24) is 0 Å². The first-order valence-corrected chi connectivity index (χ1v) is 6.71. The zero-order valence-electron chi connectivity index (χ0n) is 10.8. The second-order valence-corrected chi connectivity index (χ2v) is 4.59. The van der Waals surface area contributed by atoms with Gasteiger partial charge >= 0.3 is 0 Å². The number of benzene rings is 2. The van der Waals surface area contributed by atoms with E-state index in [0.717, 1.165) is 0 Å². The molecule has 3 rings (SSSR count). The number of nitriles is 1. The molecule has 0 aliphatic heterocycles. The number of ether oxygens (including phenoxy) is 1. The number of hydrogen-bond donors (Lipinski definition) is 0. The summed E-state index contributed by atoms with van der Waals surface area (Å²) in [5.74, 6) is 0.104. The van der Waals surface area contributed by atoms with Gasteiger partial charge in [-0.05, 0) is 24.3 Å². The van der Waals surface area contributed by atoms with Gasteiger partial charge in [0.25, 0.3) is 0 Å².